The number of carbonyl (C=O) groups excluding carboxylic acids is 1. The Morgan fingerprint density at radius 3 is 2.65 bits per heavy atom. The monoisotopic (exact) mass is 384 g/mol. The molecule has 2 atom stereocenters. The molecule has 6 heteroatoms. The first-order valence-corrected chi connectivity index (χ1v) is 11.1. The van der Waals surface area contributed by atoms with Gasteiger partial charge >= 0.3 is 0 Å². The van der Waals surface area contributed by atoms with Gasteiger partial charge in [-0.3, -0.25) is 9.00 Å². The molecular weight excluding hydrogens is 364 g/mol. The van der Waals surface area contributed by atoms with Gasteiger partial charge in [-0.2, -0.15) is 0 Å². The van der Waals surface area contributed by atoms with Gasteiger partial charge in [-0.25, -0.2) is 4.98 Å². The predicted molar refractivity (Wildman–Crippen MR) is 106 cm³/mol. The number of para-hydroxylation sites is 1. The minimum Gasteiger partial charge on any atom is -0.329 e. The van der Waals surface area contributed by atoms with Crippen LogP contribution in [-0.2, 0) is 10.8 Å². The van der Waals surface area contributed by atoms with E-state index >= 15 is 0 Å². The molecule has 1 fully saturated rings. The second-order valence-electron chi connectivity index (χ2n) is 6.51. The number of thiazole rings is 1. The van der Waals surface area contributed by atoms with Crippen LogP contribution < -0.4 is 0 Å². The molecule has 1 aliphatic rings. The van der Waals surface area contributed by atoms with Crippen molar-refractivity contribution in [3.05, 3.63) is 59.1 Å². The summed E-state index contributed by atoms with van der Waals surface area (Å²) in [5.41, 5.74) is 1.65. The molecule has 2 aromatic carbocycles. The third-order valence-electron chi connectivity index (χ3n) is 4.79. The minimum absolute atomic E-state index is 0.0300. The van der Waals surface area contributed by atoms with E-state index in [1.54, 1.807) is 41.9 Å². The van der Waals surface area contributed by atoms with Crippen molar-refractivity contribution in [3.8, 4) is 0 Å². The van der Waals surface area contributed by atoms with Gasteiger partial charge in [-0.05, 0) is 55.7 Å². The standard InChI is InChI=1S/C20H20N2O2S2/c1-26(24)15-11-9-14(10-12-15)20(23)22-13-5-4-7-17(22)19-21-16-6-2-3-8-18(16)25-19/h2-3,6,8-12,17H,4-5,7,13H2,1H3/t17-,26+/m0/s1. The van der Waals surface area contributed by atoms with Gasteiger partial charge in [0.1, 0.15) is 5.01 Å². The lowest BCUT2D eigenvalue weighted by atomic mass is 10.0. The first-order valence-electron chi connectivity index (χ1n) is 8.73. The molecule has 1 amide bonds. The van der Waals surface area contributed by atoms with Crippen LogP contribution in [0.15, 0.2) is 53.4 Å². The van der Waals surface area contributed by atoms with Gasteiger partial charge in [0.05, 0.1) is 16.3 Å². The third kappa shape index (κ3) is 3.31. The number of likely N-dealkylation sites (tertiary alicyclic amines) is 1. The first kappa shape index (κ1) is 17.4. The highest BCUT2D eigenvalue weighted by molar-refractivity contribution is 7.84. The molecule has 1 saturated heterocycles. The van der Waals surface area contributed by atoms with Gasteiger partial charge in [0.15, 0.2) is 0 Å². The van der Waals surface area contributed by atoms with Crippen LogP contribution in [0.25, 0.3) is 10.2 Å². The number of rotatable bonds is 3. The Morgan fingerprint density at radius 1 is 1.15 bits per heavy atom. The number of hydrogen-bond acceptors (Lipinski definition) is 4. The van der Waals surface area contributed by atoms with E-state index in [9.17, 15) is 9.00 Å². The number of amides is 1. The van der Waals surface area contributed by atoms with Gasteiger partial charge in [-0.1, -0.05) is 12.1 Å². The van der Waals surface area contributed by atoms with Crippen LogP contribution in [0.1, 0.15) is 40.7 Å². The van der Waals surface area contributed by atoms with Crippen LogP contribution in [0.4, 0.5) is 0 Å². The zero-order chi connectivity index (χ0) is 18.1. The maximum atomic E-state index is 13.1. The Kier molecular flexibility index (Phi) is 4.87. The Morgan fingerprint density at radius 2 is 1.92 bits per heavy atom. The van der Waals surface area contributed by atoms with Crippen molar-refractivity contribution in [3.63, 3.8) is 0 Å². The number of piperidine rings is 1. The van der Waals surface area contributed by atoms with E-state index in [1.807, 2.05) is 23.1 Å². The molecule has 0 aliphatic carbocycles. The van der Waals surface area contributed by atoms with Crippen molar-refractivity contribution in [1.82, 2.24) is 9.88 Å². The van der Waals surface area contributed by atoms with E-state index in [1.165, 1.54) is 0 Å². The van der Waals surface area contributed by atoms with Gasteiger partial charge < -0.3 is 4.90 Å². The van der Waals surface area contributed by atoms with Crippen LogP contribution in [-0.4, -0.2) is 32.8 Å². The van der Waals surface area contributed by atoms with Crippen LogP contribution in [0.5, 0.6) is 0 Å². The van der Waals surface area contributed by atoms with Crippen molar-refractivity contribution in [2.24, 2.45) is 0 Å². The average molecular weight is 385 g/mol. The van der Waals surface area contributed by atoms with Crippen molar-refractivity contribution < 1.29 is 9.00 Å². The molecule has 1 aliphatic heterocycles. The van der Waals surface area contributed by atoms with Crippen molar-refractivity contribution >= 4 is 38.3 Å². The fourth-order valence-corrected chi connectivity index (χ4v) is 5.05. The van der Waals surface area contributed by atoms with E-state index in [0.29, 0.717) is 5.56 Å². The third-order valence-corrected chi connectivity index (χ3v) is 6.87. The number of carbonyl (C=O) groups is 1. The smallest absolute Gasteiger partial charge is 0.254 e. The van der Waals surface area contributed by atoms with Gasteiger partial charge in [0.2, 0.25) is 0 Å². The van der Waals surface area contributed by atoms with Crippen molar-refractivity contribution in [2.45, 2.75) is 30.2 Å². The number of nitrogens with zero attached hydrogens (tertiary/aromatic N) is 2. The van der Waals surface area contributed by atoms with E-state index in [0.717, 1.165) is 45.9 Å². The SMILES string of the molecule is C[S@@](=O)c1ccc(C(=O)N2CCCC[C@H]2c2nc3ccccc3s2)cc1. The molecule has 3 aromatic rings. The lowest BCUT2D eigenvalue weighted by molar-refractivity contribution is 0.0611. The van der Waals surface area contributed by atoms with Crippen molar-refractivity contribution in [1.29, 1.82) is 0 Å². The minimum atomic E-state index is -1.03. The summed E-state index contributed by atoms with van der Waals surface area (Å²) in [6, 6.07) is 15.3. The maximum absolute atomic E-state index is 13.1. The van der Waals surface area contributed by atoms with Crippen LogP contribution in [0.3, 0.4) is 0 Å². The Bertz CT molecular complexity index is 932. The predicted octanol–water partition coefficient (Wildman–Crippen LogP) is 4.40. The zero-order valence-corrected chi connectivity index (χ0v) is 16.2. The summed E-state index contributed by atoms with van der Waals surface area (Å²) < 4.78 is 12.7. The largest absolute Gasteiger partial charge is 0.329 e. The highest BCUT2D eigenvalue weighted by Crippen LogP contribution is 2.36. The summed E-state index contributed by atoms with van der Waals surface area (Å²) >= 11 is 1.68. The molecule has 1 aromatic heterocycles. The van der Waals surface area contributed by atoms with Gasteiger partial charge in [0, 0.05) is 34.1 Å². The number of benzene rings is 2. The number of aromatic nitrogens is 1. The first-order chi connectivity index (χ1) is 12.6. The molecule has 26 heavy (non-hydrogen) atoms. The van der Waals surface area contributed by atoms with E-state index < -0.39 is 10.8 Å². The Balaban J connectivity index is 1.64. The topological polar surface area (TPSA) is 50.3 Å². The second-order valence-corrected chi connectivity index (χ2v) is 8.95. The van der Waals surface area contributed by atoms with E-state index in [2.05, 4.69) is 6.07 Å². The molecule has 4 nitrogen and oxygen atoms in total. The molecule has 134 valence electrons. The second kappa shape index (κ2) is 7.29. The van der Waals surface area contributed by atoms with E-state index in [-0.39, 0.29) is 11.9 Å². The average Bonchev–Trinajstić information content (AvgIpc) is 3.11. The van der Waals surface area contributed by atoms with Crippen LogP contribution in [0.2, 0.25) is 0 Å². The molecule has 4 rings (SSSR count). The van der Waals surface area contributed by atoms with Crippen LogP contribution >= 0.6 is 11.3 Å². The molecular formula is C20H20N2O2S2. The van der Waals surface area contributed by atoms with Crippen molar-refractivity contribution in [2.75, 3.05) is 12.8 Å². The maximum Gasteiger partial charge on any atom is 0.254 e. The quantitative estimate of drug-likeness (QED) is 0.672. The highest BCUT2D eigenvalue weighted by Gasteiger charge is 2.30. The highest BCUT2D eigenvalue weighted by atomic mass is 32.2. The molecule has 0 bridgehead atoms. The van der Waals surface area contributed by atoms with Gasteiger partial charge in [-0.15, -0.1) is 11.3 Å². The molecule has 2 heterocycles. The molecule has 0 radical (unpaired) electrons. The fourth-order valence-electron chi connectivity index (χ4n) is 3.42. The zero-order valence-electron chi connectivity index (χ0n) is 14.6. The number of hydrogen-bond donors (Lipinski definition) is 0. The lowest BCUT2D eigenvalue weighted by Crippen LogP contribution is -2.38. The summed E-state index contributed by atoms with van der Waals surface area (Å²) in [4.78, 5) is 20.6. The summed E-state index contributed by atoms with van der Waals surface area (Å²) in [6.07, 6.45) is 4.72. The number of fused-ring (bicyclic) bond motifs is 1. The lowest BCUT2D eigenvalue weighted by Gasteiger charge is -2.34. The Hall–Kier alpha value is -2.05. The summed E-state index contributed by atoms with van der Waals surface area (Å²) in [5, 5.41) is 1.02. The molecule has 0 saturated carbocycles. The van der Waals surface area contributed by atoms with Gasteiger partial charge in [0.25, 0.3) is 5.91 Å². The van der Waals surface area contributed by atoms with Crippen LogP contribution in [0, 0.1) is 0 Å². The summed E-state index contributed by atoms with van der Waals surface area (Å²) in [7, 11) is -1.03. The fraction of sp³-hybridized carbons (Fsp3) is 0.300. The molecule has 0 unspecified atom stereocenters. The normalized spacial score (nSPS) is 18.8. The van der Waals surface area contributed by atoms with E-state index in [4.69, 9.17) is 4.98 Å². The summed E-state index contributed by atoms with van der Waals surface area (Å²) in [5.74, 6) is 0.0300. The Labute approximate surface area is 159 Å². The summed E-state index contributed by atoms with van der Waals surface area (Å²) in [6.45, 7) is 0.751. The molecule has 0 spiro atoms. The molecule has 0 N–H and O–H groups in total.